The Kier molecular flexibility index (Phi) is 5.62. The molecule has 2 rings (SSSR count). The molecule has 0 radical (unpaired) electrons. The Morgan fingerprint density at radius 1 is 1.26 bits per heavy atom. The average Bonchev–Trinajstić information content (AvgIpc) is 2.75. The molecule has 0 spiro atoms. The molecular formula is C15H14Cl2N2O3S. The number of benzene rings is 1. The van der Waals surface area contributed by atoms with Crippen LogP contribution < -0.4 is 5.32 Å². The molecule has 0 aliphatic rings. The second-order valence-electron chi connectivity index (χ2n) is 4.98. The minimum atomic E-state index is -1.14. The van der Waals surface area contributed by atoms with Crippen LogP contribution in [0, 0.1) is 13.8 Å². The van der Waals surface area contributed by atoms with Crippen LogP contribution in [0.1, 0.15) is 25.9 Å². The number of thiazole rings is 1. The molecule has 1 heterocycles. The number of aryl methyl sites for hydroxylation is 2. The van der Waals surface area contributed by atoms with Crippen molar-refractivity contribution in [3.05, 3.63) is 49.4 Å². The third-order valence-corrected chi connectivity index (χ3v) is 4.41. The quantitative estimate of drug-likeness (QED) is 0.841. The maximum atomic E-state index is 12.2. The van der Waals surface area contributed by atoms with Crippen molar-refractivity contribution in [1.82, 2.24) is 10.3 Å². The van der Waals surface area contributed by atoms with Crippen molar-refractivity contribution in [2.24, 2.45) is 0 Å². The summed E-state index contributed by atoms with van der Waals surface area (Å²) in [7, 11) is 0. The number of halogens is 2. The lowest BCUT2D eigenvalue weighted by molar-refractivity contribution is -0.139. The van der Waals surface area contributed by atoms with Crippen LogP contribution in [0.2, 0.25) is 10.0 Å². The molecule has 1 aromatic carbocycles. The van der Waals surface area contributed by atoms with Gasteiger partial charge in [-0.25, -0.2) is 9.78 Å². The highest BCUT2D eigenvalue weighted by Gasteiger charge is 2.23. The number of rotatable bonds is 5. The van der Waals surface area contributed by atoms with Crippen LogP contribution in [0.4, 0.5) is 0 Å². The molecule has 1 unspecified atom stereocenters. The molecule has 0 bridgehead atoms. The van der Waals surface area contributed by atoms with Crippen LogP contribution in [0.5, 0.6) is 0 Å². The molecule has 0 fully saturated rings. The van der Waals surface area contributed by atoms with Gasteiger partial charge in [-0.15, -0.1) is 11.3 Å². The van der Waals surface area contributed by atoms with Crippen molar-refractivity contribution < 1.29 is 14.7 Å². The second-order valence-corrected chi connectivity index (χ2v) is 7.26. The first-order valence-corrected chi connectivity index (χ1v) is 8.26. The number of amides is 1. The molecule has 23 heavy (non-hydrogen) atoms. The summed E-state index contributed by atoms with van der Waals surface area (Å²) in [5, 5.41) is 13.4. The van der Waals surface area contributed by atoms with Gasteiger partial charge in [-0.1, -0.05) is 23.2 Å². The van der Waals surface area contributed by atoms with Gasteiger partial charge < -0.3 is 10.4 Å². The molecule has 1 amide bonds. The molecule has 1 atom stereocenters. The molecule has 0 aliphatic carbocycles. The molecule has 2 aromatic rings. The van der Waals surface area contributed by atoms with E-state index in [1.165, 1.54) is 11.3 Å². The number of carboxylic acids is 1. The standard InChI is InChI=1S/C15H14Cl2N2O3S/c1-7-13(18-8(2)23-7)14(20)19-12(15(21)22)5-9-3-10(16)6-11(17)4-9/h3-4,6,12H,5H2,1-2H3,(H,19,20)(H,21,22). The van der Waals surface area contributed by atoms with Gasteiger partial charge in [0.1, 0.15) is 11.7 Å². The van der Waals surface area contributed by atoms with E-state index in [0.29, 0.717) is 15.6 Å². The molecule has 8 heteroatoms. The summed E-state index contributed by atoms with van der Waals surface area (Å²) in [5.74, 6) is -1.65. The van der Waals surface area contributed by atoms with Gasteiger partial charge in [0.15, 0.2) is 0 Å². The fourth-order valence-corrected chi connectivity index (χ4v) is 3.52. The van der Waals surface area contributed by atoms with Gasteiger partial charge in [-0.2, -0.15) is 0 Å². The minimum absolute atomic E-state index is 0.0729. The third-order valence-electron chi connectivity index (χ3n) is 3.08. The molecule has 0 saturated heterocycles. The predicted molar refractivity (Wildman–Crippen MR) is 90.6 cm³/mol. The van der Waals surface area contributed by atoms with Crippen molar-refractivity contribution in [1.29, 1.82) is 0 Å². The molecule has 0 saturated carbocycles. The van der Waals surface area contributed by atoms with E-state index < -0.39 is 17.9 Å². The van der Waals surface area contributed by atoms with Crippen LogP contribution >= 0.6 is 34.5 Å². The number of hydrogen-bond donors (Lipinski definition) is 2. The number of hydrogen-bond acceptors (Lipinski definition) is 4. The van der Waals surface area contributed by atoms with E-state index in [-0.39, 0.29) is 12.1 Å². The lowest BCUT2D eigenvalue weighted by atomic mass is 10.1. The fraction of sp³-hybridized carbons (Fsp3) is 0.267. The summed E-state index contributed by atoms with van der Waals surface area (Å²) in [6.45, 7) is 3.56. The first kappa shape index (κ1) is 17.7. The molecule has 2 N–H and O–H groups in total. The number of carboxylic acid groups (broad SMARTS) is 1. The van der Waals surface area contributed by atoms with Crippen molar-refractivity contribution in [3.8, 4) is 0 Å². The first-order valence-electron chi connectivity index (χ1n) is 6.69. The normalized spacial score (nSPS) is 12.0. The summed E-state index contributed by atoms with van der Waals surface area (Å²) in [5.41, 5.74) is 0.879. The highest BCUT2D eigenvalue weighted by molar-refractivity contribution is 7.11. The summed E-state index contributed by atoms with van der Waals surface area (Å²) in [4.78, 5) is 28.5. The number of aromatic nitrogens is 1. The van der Waals surface area contributed by atoms with E-state index in [4.69, 9.17) is 23.2 Å². The molecule has 5 nitrogen and oxygen atoms in total. The number of nitrogens with one attached hydrogen (secondary N) is 1. The monoisotopic (exact) mass is 372 g/mol. The fourth-order valence-electron chi connectivity index (χ4n) is 2.13. The zero-order chi connectivity index (χ0) is 17.1. The van der Waals surface area contributed by atoms with Crippen molar-refractivity contribution in [2.45, 2.75) is 26.3 Å². The van der Waals surface area contributed by atoms with Gasteiger partial charge in [0.2, 0.25) is 0 Å². The van der Waals surface area contributed by atoms with E-state index >= 15 is 0 Å². The maximum Gasteiger partial charge on any atom is 0.326 e. The van der Waals surface area contributed by atoms with Crippen molar-refractivity contribution in [3.63, 3.8) is 0 Å². The Hall–Kier alpha value is -1.63. The first-order chi connectivity index (χ1) is 10.8. The Balaban J connectivity index is 2.17. The summed E-state index contributed by atoms with van der Waals surface area (Å²) in [6.07, 6.45) is 0.0729. The van der Waals surface area contributed by atoms with Crippen LogP contribution in [-0.2, 0) is 11.2 Å². The zero-order valence-electron chi connectivity index (χ0n) is 12.4. The zero-order valence-corrected chi connectivity index (χ0v) is 14.7. The molecular weight excluding hydrogens is 359 g/mol. The highest BCUT2D eigenvalue weighted by atomic mass is 35.5. The SMILES string of the molecule is Cc1nc(C(=O)NC(Cc2cc(Cl)cc(Cl)c2)C(=O)O)c(C)s1. The number of carbonyl (C=O) groups is 2. The Morgan fingerprint density at radius 3 is 2.35 bits per heavy atom. The molecule has 1 aromatic heterocycles. The summed E-state index contributed by atoms with van der Waals surface area (Å²) in [6, 6.07) is 3.70. The third kappa shape index (κ3) is 4.67. The number of carbonyl (C=O) groups excluding carboxylic acids is 1. The lowest BCUT2D eigenvalue weighted by Gasteiger charge is -2.14. The Morgan fingerprint density at radius 2 is 1.87 bits per heavy atom. The van der Waals surface area contributed by atoms with E-state index in [0.717, 1.165) is 9.88 Å². The smallest absolute Gasteiger partial charge is 0.326 e. The van der Waals surface area contributed by atoms with Gasteiger partial charge in [-0.3, -0.25) is 4.79 Å². The molecule has 0 aliphatic heterocycles. The summed E-state index contributed by atoms with van der Waals surface area (Å²) < 4.78 is 0. The van der Waals surface area contributed by atoms with Gasteiger partial charge in [-0.05, 0) is 37.6 Å². The second kappa shape index (κ2) is 7.29. The van der Waals surface area contributed by atoms with Crippen LogP contribution in [0.3, 0.4) is 0 Å². The average molecular weight is 373 g/mol. The largest absolute Gasteiger partial charge is 0.480 e. The highest BCUT2D eigenvalue weighted by Crippen LogP contribution is 2.21. The van der Waals surface area contributed by atoms with E-state index in [2.05, 4.69) is 10.3 Å². The lowest BCUT2D eigenvalue weighted by Crippen LogP contribution is -2.42. The van der Waals surface area contributed by atoms with Crippen LogP contribution in [0.25, 0.3) is 0 Å². The topological polar surface area (TPSA) is 79.3 Å². The maximum absolute atomic E-state index is 12.2. The Bertz CT molecular complexity index is 741. The van der Waals surface area contributed by atoms with Gasteiger partial charge in [0.25, 0.3) is 5.91 Å². The summed E-state index contributed by atoms with van der Waals surface area (Å²) >= 11 is 13.2. The van der Waals surface area contributed by atoms with Gasteiger partial charge in [0.05, 0.1) is 5.01 Å². The number of aliphatic carboxylic acids is 1. The van der Waals surface area contributed by atoms with E-state index in [1.807, 2.05) is 0 Å². The van der Waals surface area contributed by atoms with E-state index in [9.17, 15) is 14.7 Å². The van der Waals surface area contributed by atoms with Crippen LogP contribution in [0.15, 0.2) is 18.2 Å². The number of nitrogens with zero attached hydrogens (tertiary/aromatic N) is 1. The predicted octanol–water partition coefficient (Wildman–Crippen LogP) is 3.49. The van der Waals surface area contributed by atoms with Crippen molar-refractivity contribution >= 4 is 46.4 Å². The van der Waals surface area contributed by atoms with E-state index in [1.54, 1.807) is 32.0 Å². The van der Waals surface area contributed by atoms with Gasteiger partial charge >= 0.3 is 5.97 Å². The minimum Gasteiger partial charge on any atom is -0.480 e. The van der Waals surface area contributed by atoms with Gasteiger partial charge in [0, 0.05) is 21.3 Å². The molecule has 122 valence electrons. The van der Waals surface area contributed by atoms with Crippen LogP contribution in [-0.4, -0.2) is 28.0 Å². The Labute approximate surface area is 147 Å². The van der Waals surface area contributed by atoms with Crippen molar-refractivity contribution in [2.75, 3.05) is 0 Å².